The quantitative estimate of drug-likeness (QED) is 0.826. The zero-order valence-corrected chi connectivity index (χ0v) is 10.3. The van der Waals surface area contributed by atoms with Crippen LogP contribution in [0.1, 0.15) is 17.4 Å². The normalized spacial score (nSPS) is 12.7. The second-order valence-electron chi connectivity index (χ2n) is 3.57. The summed E-state index contributed by atoms with van der Waals surface area (Å²) in [6, 6.07) is 7.19. The van der Waals surface area contributed by atoms with Gasteiger partial charge >= 0.3 is 0 Å². The maximum absolute atomic E-state index is 10.2. The van der Waals surface area contributed by atoms with Gasteiger partial charge in [0.15, 0.2) is 0 Å². The fraction of sp³-hybridized carbons (Fsp3) is 0.182. The lowest BCUT2D eigenvalue weighted by Gasteiger charge is -2.12. The lowest BCUT2D eigenvalue weighted by atomic mass is 10.1. The zero-order valence-electron chi connectivity index (χ0n) is 8.76. The topological polar surface area (TPSA) is 64.1 Å². The monoisotopic (exact) mass is 281 g/mol. The van der Waals surface area contributed by atoms with Crippen molar-refractivity contribution in [2.24, 2.45) is 7.05 Å². The predicted molar refractivity (Wildman–Crippen MR) is 65.8 cm³/mol. The predicted octanol–water partition coefficient (Wildman–Crippen LogP) is 1.85. The highest BCUT2D eigenvalue weighted by Crippen LogP contribution is 2.28. The van der Waals surface area contributed by atoms with Crippen LogP contribution in [0, 0.1) is 0 Å². The Hall–Kier alpha value is -1.33. The third-order valence-electron chi connectivity index (χ3n) is 2.42. The molecule has 1 aromatic heterocycles. The Morgan fingerprint density at radius 3 is 2.81 bits per heavy atom. The van der Waals surface area contributed by atoms with Crippen LogP contribution in [0.15, 0.2) is 34.9 Å². The summed E-state index contributed by atoms with van der Waals surface area (Å²) in [6.07, 6.45) is 0.926. The number of benzene rings is 1. The van der Waals surface area contributed by atoms with Gasteiger partial charge in [-0.3, -0.25) is 4.68 Å². The molecule has 0 aliphatic carbocycles. The first-order valence-corrected chi connectivity index (χ1v) is 5.60. The van der Waals surface area contributed by atoms with Crippen LogP contribution < -0.4 is 5.73 Å². The lowest BCUT2D eigenvalue weighted by Crippen LogP contribution is -2.07. The van der Waals surface area contributed by atoms with E-state index in [0.29, 0.717) is 11.4 Å². The minimum absolute atomic E-state index is 0.634. The lowest BCUT2D eigenvalue weighted by molar-refractivity contribution is 0.209. The van der Waals surface area contributed by atoms with E-state index in [1.807, 2.05) is 12.1 Å². The zero-order chi connectivity index (χ0) is 11.7. The van der Waals surface area contributed by atoms with Gasteiger partial charge in [0.2, 0.25) is 0 Å². The van der Waals surface area contributed by atoms with Crippen LogP contribution in [0.3, 0.4) is 0 Å². The van der Waals surface area contributed by atoms with Crippen LogP contribution in [0.2, 0.25) is 0 Å². The molecule has 0 saturated heterocycles. The first-order chi connectivity index (χ1) is 7.59. The van der Waals surface area contributed by atoms with E-state index in [4.69, 9.17) is 5.73 Å². The molecule has 1 unspecified atom stereocenters. The fourth-order valence-corrected chi connectivity index (χ4v) is 2.18. The standard InChI is InChI=1S/C11H12BrN3O/c1-15-10(9(12)6-14-15)11(16)7-3-2-4-8(13)5-7/h2-6,11,16H,13H2,1H3. The molecule has 3 N–H and O–H groups in total. The number of anilines is 1. The summed E-state index contributed by atoms with van der Waals surface area (Å²) in [7, 11) is 1.79. The molecular weight excluding hydrogens is 270 g/mol. The third kappa shape index (κ3) is 1.96. The molecular formula is C11H12BrN3O. The number of aromatic nitrogens is 2. The highest BCUT2D eigenvalue weighted by Gasteiger charge is 2.17. The van der Waals surface area contributed by atoms with Crippen molar-refractivity contribution in [3.05, 3.63) is 46.2 Å². The molecule has 2 rings (SSSR count). The van der Waals surface area contributed by atoms with E-state index in [0.717, 1.165) is 10.0 Å². The first-order valence-electron chi connectivity index (χ1n) is 4.80. The third-order valence-corrected chi connectivity index (χ3v) is 3.03. The SMILES string of the molecule is Cn1ncc(Br)c1C(O)c1cccc(N)c1. The van der Waals surface area contributed by atoms with E-state index >= 15 is 0 Å². The number of halogens is 1. The van der Waals surface area contributed by atoms with Crippen molar-refractivity contribution in [1.82, 2.24) is 9.78 Å². The molecule has 0 aliphatic heterocycles. The molecule has 1 atom stereocenters. The number of aliphatic hydroxyl groups excluding tert-OH is 1. The van der Waals surface area contributed by atoms with Crippen molar-refractivity contribution in [1.29, 1.82) is 0 Å². The van der Waals surface area contributed by atoms with E-state index in [1.54, 1.807) is 30.1 Å². The molecule has 0 saturated carbocycles. The van der Waals surface area contributed by atoms with Gasteiger partial charge in [-0.25, -0.2) is 0 Å². The van der Waals surface area contributed by atoms with Gasteiger partial charge in [-0.15, -0.1) is 0 Å². The van der Waals surface area contributed by atoms with Gasteiger partial charge in [-0.1, -0.05) is 12.1 Å². The van der Waals surface area contributed by atoms with Gasteiger partial charge in [0.05, 0.1) is 16.4 Å². The molecule has 0 fully saturated rings. The molecule has 0 radical (unpaired) electrons. The molecule has 0 bridgehead atoms. The molecule has 1 aromatic carbocycles. The van der Waals surface area contributed by atoms with Crippen molar-refractivity contribution >= 4 is 21.6 Å². The summed E-state index contributed by atoms with van der Waals surface area (Å²) >= 11 is 3.36. The van der Waals surface area contributed by atoms with Crippen molar-refractivity contribution in [3.8, 4) is 0 Å². The Labute approximate surface area is 102 Å². The number of nitrogen functional groups attached to an aromatic ring is 1. The van der Waals surface area contributed by atoms with Crippen molar-refractivity contribution < 1.29 is 5.11 Å². The van der Waals surface area contributed by atoms with E-state index in [9.17, 15) is 5.11 Å². The van der Waals surface area contributed by atoms with Gasteiger partial charge in [0.1, 0.15) is 6.10 Å². The molecule has 5 heteroatoms. The largest absolute Gasteiger partial charge is 0.399 e. The van der Waals surface area contributed by atoms with Gasteiger partial charge in [-0.05, 0) is 33.6 Å². The van der Waals surface area contributed by atoms with Crippen LogP contribution >= 0.6 is 15.9 Å². The van der Waals surface area contributed by atoms with Gasteiger partial charge in [-0.2, -0.15) is 5.10 Å². The number of hydrogen-bond donors (Lipinski definition) is 2. The number of nitrogens with two attached hydrogens (primary N) is 1. The minimum atomic E-state index is -0.731. The summed E-state index contributed by atoms with van der Waals surface area (Å²) in [5.74, 6) is 0. The second-order valence-corrected chi connectivity index (χ2v) is 4.43. The molecule has 16 heavy (non-hydrogen) atoms. The number of nitrogens with zero attached hydrogens (tertiary/aromatic N) is 2. The molecule has 0 amide bonds. The Balaban J connectivity index is 2.43. The van der Waals surface area contributed by atoms with Crippen molar-refractivity contribution in [2.75, 3.05) is 5.73 Å². The second kappa shape index (κ2) is 4.27. The maximum Gasteiger partial charge on any atom is 0.122 e. The Bertz CT molecular complexity index is 490. The number of aliphatic hydroxyl groups is 1. The Kier molecular flexibility index (Phi) is 2.98. The van der Waals surface area contributed by atoms with E-state index in [-0.39, 0.29) is 0 Å². The van der Waals surface area contributed by atoms with Crippen LogP contribution in [0.4, 0.5) is 5.69 Å². The van der Waals surface area contributed by atoms with Crippen LogP contribution in [0.5, 0.6) is 0 Å². The van der Waals surface area contributed by atoms with Gasteiger partial charge < -0.3 is 10.8 Å². The van der Waals surface area contributed by atoms with Crippen LogP contribution in [0.25, 0.3) is 0 Å². The van der Waals surface area contributed by atoms with Gasteiger partial charge in [0, 0.05) is 12.7 Å². The molecule has 0 spiro atoms. The fourth-order valence-electron chi connectivity index (χ4n) is 1.61. The molecule has 2 aromatic rings. The average molecular weight is 282 g/mol. The maximum atomic E-state index is 10.2. The summed E-state index contributed by atoms with van der Waals surface area (Å²) in [4.78, 5) is 0. The average Bonchev–Trinajstić information content (AvgIpc) is 2.58. The number of aryl methyl sites for hydroxylation is 1. The van der Waals surface area contributed by atoms with E-state index in [2.05, 4.69) is 21.0 Å². The summed E-state index contributed by atoms with van der Waals surface area (Å²) in [6.45, 7) is 0. The molecule has 84 valence electrons. The highest BCUT2D eigenvalue weighted by molar-refractivity contribution is 9.10. The molecule has 4 nitrogen and oxygen atoms in total. The molecule has 1 heterocycles. The van der Waals surface area contributed by atoms with Crippen LogP contribution in [-0.2, 0) is 7.05 Å². The minimum Gasteiger partial charge on any atom is -0.399 e. The smallest absolute Gasteiger partial charge is 0.122 e. The highest BCUT2D eigenvalue weighted by atomic mass is 79.9. The summed E-state index contributed by atoms with van der Waals surface area (Å²) < 4.78 is 2.42. The van der Waals surface area contributed by atoms with Crippen molar-refractivity contribution in [3.63, 3.8) is 0 Å². The van der Waals surface area contributed by atoms with E-state index < -0.39 is 6.10 Å². The summed E-state index contributed by atoms with van der Waals surface area (Å²) in [5, 5.41) is 14.3. The van der Waals surface area contributed by atoms with E-state index in [1.165, 1.54) is 0 Å². The van der Waals surface area contributed by atoms with Crippen molar-refractivity contribution in [2.45, 2.75) is 6.10 Å². The first kappa shape index (κ1) is 11.2. The Morgan fingerprint density at radius 2 is 2.25 bits per heavy atom. The Morgan fingerprint density at radius 1 is 1.50 bits per heavy atom. The molecule has 0 aliphatic rings. The van der Waals surface area contributed by atoms with Crippen LogP contribution in [-0.4, -0.2) is 14.9 Å². The number of hydrogen-bond acceptors (Lipinski definition) is 3. The number of rotatable bonds is 2. The van der Waals surface area contributed by atoms with Gasteiger partial charge in [0.25, 0.3) is 0 Å². The summed E-state index contributed by atoms with van der Waals surface area (Å²) in [5.41, 5.74) is 7.78.